The number of fused-ring (bicyclic) bond motifs is 3. The Morgan fingerprint density at radius 3 is 2.03 bits per heavy atom. The summed E-state index contributed by atoms with van der Waals surface area (Å²) >= 11 is 0. The zero-order chi connectivity index (χ0) is 20.9. The zero-order valence-corrected chi connectivity index (χ0v) is 16.2. The molecule has 4 rings (SSSR count). The standard InChI is InChI=1S/C23H18O6/c1-12-8-9-13-11-23(21(26)28-2,22(27)29-3)18-17(16(13)10-12)19(24)14-6-4-5-7-15(14)20(18)25/h4-10H,11H2,1-3H3. The average molecular weight is 390 g/mol. The third-order valence-electron chi connectivity index (χ3n) is 5.61. The van der Waals surface area contributed by atoms with Crippen molar-refractivity contribution in [1.29, 1.82) is 0 Å². The van der Waals surface area contributed by atoms with Crippen molar-refractivity contribution in [2.24, 2.45) is 5.41 Å². The van der Waals surface area contributed by atoms with Gasteiger partial charge in [-0.3, -0.25) is 19.2 Å². The molecule has 0 radical (unpaired) electrons. The molecule has 2 aliphatic carbocycles. The highest BCUT2D eigenvalue weighted by Gasteiger charge is 2.59. The minimum atomic E-state index is -2.04. The minimum absolute atomic E-state index is 0.0643. The van der Waals surface area contributed by atoms with Crippen LogP contribution in [-0.4, -0.2) is 37.7 Å². The van der Waals surface area contributed by atoms with Gasteiger partial charge in [0.2, 0.25) is 0 Å². The molecule has 0 bridgehead atoms. The monoisotopic (exact) mass is 390 g/mol. The molecule has 0 saturated carbocycles. The van der Waals surface area contributed by atoms with Crippen molar-refractivity contribution in [2.45, 2.75) is 13.3 Å². The van der Waals surface area contributed by atoms with Gasteiger partial charge < -0.3 is 9.47 Å². The number of ketones is 2. The predicted molar refractivity (Wildman–Crippen MR) is 103 cm³/mol. The summed E-state index contributed by atoms with van der Waals surface area (Å²) in [6.07, 6.45) is -0.123. The Labute approximate surface area is 167 Å². The Morgan fingerprint density at radius 2 is 1.45 bits per heavy atom. The van der Waals surface area contributed by atoms with Crippen LogP contribution in [0.2, 0.25) is 0 Å². The summed E-state index contributed by atoms with van der Waals surface area (Å²) in [7, 11) is 2.28. The van der Waals surface area contributed by atoms with E-state index in [2.05, 4.69) is 0 Å². The molecule has 0 heterocycles. The number of hydrogen-bond acceptors (Lipinski definition) is 6. The quantitative estimate of drug-likeness (QED) is 0.579. The van der Waals surface area contributed by atoms with Crippen LogP contribution in [0.4, 0.5) is 0 Å². The van der Waals surface area contributed by atoms with Gasteiger partial charge in [-0.25, -0.2) is 0 Å². The Bertz CT molecular complexity index is 1120. The number of Topliss-reactive ketones (excluding diaryl/α,β-unsaturated/α-hetero) is 2. The summed E-state index contributed by atoms with van der Waals surface area (Å²) in [6, 6.07) is 11.8. The number of allylic oxidation sites excluding steroid dienone is 1. The fourth-order valence-electron chi connectivity index (χ4n) is 4.27. The Kier molecular flexibility index (Phi) is 4.22. The first-order valence-electron chi connectivity index (χ1n) is 9.06. The van der Waals surface area contributed by atoms with E-state index in [-0.39, 0.29) is 28.7 Å². The molecular weight excluding hydrogens is 372 g/mol. The van der Waals surface area contributed by atoms with Crippen LogP contribution >= 0.6 is 0 Å². The highest BCUT2D eigenvalue weighted by Crippen LogP contribution is 2.49. The fourth-order valence-corrected chi connectivity index (χ4v) is 4.27. The molecule has 0 atom stereocenters. The van der Waals surface area contributed by atoms with Crippen molar-refractivity contribution >= 4 is 29.1 Å². The fraction of sp³-hybridized carbons (Fsp3) is 0.217. The zero-order valence-electron chi connectivity index (χ0n) is 16.2. The summed E-state index contributed by atoms with van der Waals surface area (Å²) in [5.41, 5.74) is 0.299. The van der Waals surface area contributed by atoms with Crippen LogP contribution < -0.4 is 0 Å². The molecule has 0 unspecified atom stereocenters. The highest BCUT2D eigenvalue weighted by molar-refractivity contribution is 6.43. The average Bonchev–Trinajstić information content (AvgIpc) is 2.75. The highest BCUT2D eigenvalue weighted by atomic mass is 16.5. The van der Waals surface area contributed by atoms with E-state index in [1.165, 1.54) is 6.07 Å². The second-order valence-electron chi connectivity index (χ2n) is 7.18. The van der Waals surface area contributed by atoms with E-state index in [1.54, 1.807) is 30.3 Å². The molecule has 0 aliphatic heterocycles. The molecule has 0 fully saturated rings. The number of rotatable bonds is 2. The molecule has 2 aromatic carbocycles. The van der Waals surface area contributed by atoms with Crippen LogP contribution in [0, 0.1) is 12.3 Å². The van der Waals surface area contributed by atoms with Crippen LogP contribution in [0.3, 0.4) is 0 Å². The maximum absolute atomic E-state index is 13.5. The van der Waals surface area contributed by atoms with Crippen LogP contribution in [0.15, 0.2) is 48.0 Å². The number of hydrogen-bond donors (Lipinski definition) is 0. The van der Waals surface area contributed by atoms with Gasteiger partial charge in [-0.2, -0.15) is 0 Å². The molecule has 2 aliphatic rings. The molecule has 0 N–H and O–H groups in total. The number of benzene rings is 2. The van der Waals surface area contributed by atoms with Gasteiger partial charge in [0, 0.05) is 28.7 Å². The molecule has 0 spiro atoms. The van der Waals surface area contributed by atoms with Crippen molar-refractivity contribution in [3.05, 3.63) is 75.9 Å². The maximum atomic E-state index is 13.5. The van der Waals surface area contributed by atoms with E-state index >= 15 is 0 Å². The second kappa shape index (κ2) is 6.51. The van der Waals surface area contributed by atoms with Crippen LogP contribution in [0.25, 0.3) is 5.57 Å². The van der Waals surface area contributed by atoms with E-state index in [1.807, 2.05) is 13.0 Å². The largest absolute Gasteiger partial charge is 0.468 e. The van der Waals surface area contributed by atoms with E-state index in [4.69, 9.17) is 9.47 Å². The number of ether oxygens (including phenoxy) is 2. The van der Waals surface area contributed by atoms with E-state index in [0.29, 0.717) is 11.1 Å². The molecule has 0 amide bonds. The third-order valence-corrected chi connectivity index (χ3v) is 5.61. The first kappa shape index (κ1) is 18.8. The van der Waals surface area contributed by atoms with Gasteiger partial charge in [0.1, 0.15) is 0 Å². The van der Waals surface area contributed by atoms with E-state index < -0.39 is 28.9 Å². The van der Waals surface area contributed by atoms with Gasteiger partial charge in [-0.15, -0.1) is 0 Å². The molecule has 6 nitrogen and oxygen atoms in total. The van der Waals surface area contributed by atoms with Crippen molar-refractivity contribution in [3.63, 3.8) is 0 Å². The lowest BCUT2D eigenvalue weighted by molar-refractivity contribution is -0.165. The first-order valence-corrected chi connectivity index (χ1v) is 9.06. The van der Waals surface area contributed by atoms with E-state index in [9.17, 15) is 19.2 Å². The summed E-state index contributed by atoms with van der Waals surface area (Å²) in [4.78, 5) is 52.9. The Balaban J connectivity index is 2.16. The summed E-state index contributed by atoms with van der Waals surface area (Å²) in [5, 5.41) is 0. The van der Waals surface area contributed by atoms with Gasteiger partial charge in [0.05, 0.1) is 14.2 Å². The van der Waals surface area contributed by atoms with Gasteiger partial charge in [-0.05, 0) is 18.1 Å². The van der Waals surface area contributed by atoms with Crippen molar-refractivity contribution < 1.29 is 28.7 Å². The lowest BCUT2D eigenvalue weighted by Gasteiger charge is -2.38. The minimum Gasteiger partial charge on any atom is -0.468 e. The summed E-state index contributed by atoms with van der Waals surface area (Å²) in [6.45, 7) is 1.87. The van der Waals surface area contributed by atoms with Gasteiger partial charge >= 0.3 is 11.9 Å². The van der Waals surface area contributed by atoms with Crippen molar-refractivity contribution in [1.82, 2.24) is 0 Å². The lowest BCUT2D eigenvalue weighted by atomic mass is 9.62. The Morgan fingerprint density at radius 1 is 0.862 bits per heavy atom. The number of methoxy groups -OCH3 is 2. The molecule has 2 aromatic rings. The molecular formula is C23H18O6. The summed E-state index contributed by atoms with van der Waals surface area (Å²) in [5.74, 6) is -2.80. The van der Waals surface area contributed by atoms with Gasteiger partial charge in [0.15, 0.2) is 17.0 Å². The van der Waals surface area contributed by atoms with Crippen molar-refractivity contribution in [2.75, 3.05) is 14.2 Å². The second-order valence-corrected chi connectivity index (χ2v) is 7.18. The number of aryl methyl sites for hydroxylation is 1. The van der Waals surface area contributed by atoms with Gasteiger partial charge in [-0.1, -0.05) is 48.0 Å². The molecule has 146 valence electrons. The van der Waals surface area contributed by atoms with Gasteiger partial charge in [0.25, 0.3) is 0 Å². The Hall–Kier alpha value is -3.54. The van der Waals surface area contributed by atoms with Crippen LogP contribution in [0.1, 0.15) is 37.4 Å². The lowest BCUT2D eigenvalue weighted by Crippen LogP contribution is -2.50. The predicted octanol–water partition coefficient (Wildman–Crippen LogP) is 2.72. The number of carbonyl (C=O) groups is 4. The van der Waals surface area contributed by atoms with Crippen molar-refractivity contribution in [3.8, 4) is 0 Å². The maximum Gasteiger partial charge on any atom is 0.328 e. The normalized spacial score (nSPS) is 16.5. The molecule has 0 saturated heterocycles. The molecule has 29 heavy (non-hydrogen) atoms. The smallest absolute Gasteiger partial charge is 0.328 e. The topological polar surface area (TPSA) is 86.7 Å². The number of esters is 2. The number of carbonyl (C=O) groups excluding carboxylic acids is 4. The van der Waals surface area contributed by atoms with Crippen LogP contribution in [0.5, 0.6) is 0 Å². The SMILES string of the molecule is COC(=O)C1(C(=O)OC)Cc2ccc(C)cc2C2=C1C(=O)c1ccccc1C2=O. The molecule has 6 heteroatoms. The first-order chi connectivity index (χ1) is 13.9. The summed E-state index contributed by atoms with van der Waals surface area (Å²) < 4.78 is 9.88. The molecule has 0 aromatic heterocycles. The van der Waals surface area contributed by atoms with Crippen LogP contribution in [-0.2, 0) is 25.5 Å². The van der Waals surface area contributed by atoms with E-state index in [0.717, 1.165) is 19.8 Å². The third kappa shape index (κ3) is 2.42.